The molecular formula is C21H20N2O4S. The SMILES string of the molecule is C=C(C)c1ccc(-c2nc(SNc3ccc(C(=O)OC)cc3OC)co2)cc1. The second kappa shape index (κ2) is 8.67. The molecule has 0 unspecified atom stereocenters. The van der Waals surface area contributed by atoms with Crippen LogP contribution < -0.4 is 9.46 Å². The van der Waals surface area contributed by atoms with E-state index in [4.69, 9.17) is 13.9 Å². The molecular weight excluding hydrogens is 376 g/mol. The lowest BCUT2D eigenvalue weighted by molar-refractivity contribution is 0.0600. The Kier molecular flexibility index (Phi) is 6.06. The van der Waals surface area contributed by atoms with Crippen LogP contribution in [0.1, 0.15) is 22.8 Å². The number of allylic oxidation sites excluding steroid dienone is 1. The zero-order valence-corrected chi connectivity index (χ0v) is 16.6. The number of nitrogens with one attached hydrogen (secondary N) is 1. The van der Waals surface area contributed by atoms with Crippen molar-refractivity contribution in [1.29, 1.82) is 0 Å². The molecule has 0 atom stereocenters. The summed E-state index contributed by atoms with van der Waals surface area (Å²) in [5.41, 5.74) is 4.09. The number of esters is 1. The molecule has 0 bridgehead atoms. The largest absolute Gasteiger partial charge is 0.495 e. The predicted molar refractivity (Wildman–Crippen MR) is 110 cm³/mol. The molecule has 0 saturated carbocycles. The van der Waals surface area contributed by atoms with Gasteiger partial charge in [0.15, 0.2) is 5.03 Å². The second-order valence-electron chi connectivity index (χ2n) is 5.96. The minimum atomic E-state index is -0.420. The number of carbonyl (C=O) groups excluding carboxylic acids is 1. The summed E-state index contributed by atoms with van der Waals surface area (Å²) in [7, 11) is 2.88. The van der Waals surface area contributed by atoms with E-state index in [1.807, 2.05) is 31.2 Å². The molecule has 3 rings (SSSR count). The first kappa shape index (κ1) is 19.6. The van der Waals surface area contributed by atoms with Crippen LogP contribution in [0.25, 0.3) is 17.0 Å². The summed E-state index contributed by atoms with van der Waals surface area (Å²) in [6.45, 7) is 5.90. The molecule has 6 nitrogen and oxygen atoms in total. The highest BCUT2D eigenvalue weighted by Crippen LogP contribution is 2.31. The second-order valence-corrected chi connectivity index (χ2v) is 6.79. The molecule has 1 aromatic heterocycles. The number of rotatable bonds is 7. The van der Waals surface area contributed by atoms with E-state index in [0.29, 0.717) is 27.9 Å². The van der Waals surface area contributed by atoms with Crippen molar-refractivity contribution in [2.45, 2.75) is 11.9 Å². The average molecular weight is 396 g/mol. The number of carbonyl (C=O) groups is 1. The molecule has 2 aromatic carbocycles. The normalized spacial score (nSPS) is 10.4. The van der Waals surface area contributed by atoms with Crippen LogP contribution in [0.3, 0.4) is 0 Å². The molecule has 0 aliphatic carbocycles. The first-order chi connectivity index (χ1) is 13.5. The molecule has 0 aliphatic heterocycles. The highest BCUT2D eigenvalue weighted by atomic mass is 32.2. The molecule has 1 heterocycles. The minimum Gasteiger partial charge on any atom is -0.495 e. The van der Waals surface area contributed by atoms with Crippen LogP contribution in [-0.4, -0.2) is 25.2 Å². The Morgan fingerprint density at radius 3 is 2.50 bits per heavy atom. The molecule has 0 saturated heterocycles. The lowest BCUT2D eigenvalue weighted by Crippen LogP contribution is -2.02. The Hall–Kier alpha value is -3.19. The third-order valence-electron chi connectivity index (χ3n) is 4.00. The van der Waals surface area contributed by atoms with Crippen molar-refractivity contribution in [1.82, 2.24) is 4.98 Å². The third-order valence-corrected chi connectivity index (χ3v) is 4.71. The monoisotopic (exact) mass is 396 g/mol. The van der Waals surface area contributed by atoms with E-state index in [9.17, 15) is 4.79 Å². The van der Waals surface area contributed by atoms with Crippen LogP contribution in [-0.2, 0) is 4.74 Å². The van der Waals surface area contributed by atoms with E-state index in [2.05, 4.69) is 16.3 Å². The van der Waals surface area contributed by atoms with Crippen LogP contribution in [0.5, 0.6) is 5.75 Å². The van der Waals surface area contributed by atoms with Gasteiger partial charge in [-0.05, 0) is 42.8 Å². The Balaban J connectivity index is 1.70. The molecule has 3 aromatic rings. The quantitative estimate of drug-likeness (QED) is 0.430. The summed E-state index contributed by atoms with van der Waals surface area (Å²) < 4.78 is 18.8. The number of aromatic nitrogens is 1. The van der Waals surface area contributed by atoms with Crippen molar-refractivity contribution in [2.24, 2.45) is 0 Å². The summed E-state index contributed by atoms with van der Waals surface area (Å²) in [5, 5.41) is 0.665. The maximum absolute atomic E-state index is 11.6. The first-order valence-electron chi connectivity index (χ1n) is 8.43. The summed E-state index contributed by atoms with van der Waals surface area (Å²) in [6, 6.07) is 12.9. The average Bonchev–Trinajstić information content (AvgIpc) is 3.20. The lowest BCUT2D eigenvalue weighted by Gasteiger charge is -2.10. The maximum Gasteiger partial charge on any atom is 0.337 e. The predicted octanol–water partition coefficient (Wildman–Crippen LogP) is 5.29. The van der Waals surface area contributed by atoms with Crippen molar-refractivity contribution in [3.8, 4) is 17.2 Å². The molecule has 0 fully saturated rings. The zero-order valence-electron chi connectivity index (χ0n) is 15.8. The van der Waals surface area contributed by atoms with Crippen LogP contribution in [0.15, 0.2) is 64.7 Å². The standard InChI is InChI=1S/C21H20N2O4S/c1-13(2)14-5-7-15(8-6-14)20-22-19(12-27-20)28-23-17-10-9-16(21(24)26-4)11-18(17)25-3/h5-12,23H,1H2,2-4H3. The maximum atomic E-state index is 11.6. The number of oxazole rings is 1. The van der Waals surface area contributed by atoms with Crippen molar-refractivity contribution >= 4 is 29.2 Å². The van der Waals surface area contributed by atoms with Gasteiger partial charge in [0.25, 0.3) is 0 Å². The van der Waals surface area contributed by atoms with E-state index in [1.54, 1.807) is 24.5 Å². The lowest BCUT2D eigenvalue weighted by atomic mass is 10.1. The van der Waals surface area contributed by atoms with Crippen molar-refractivity contribution in [3.63, 3.8) is 0 Å². The molecule has 0 spiro atoms. The van der Waals surface area contributed by atoms with E-state index in [1.165, 1.54) is 26.2 Å². The van der Waals surface area contributed by atoms with Crippen LogP contribution in [0, 0.1) is 0 Å². The molecule has 7 heteroatoms. The number of anilines is 1. The molecule has 1 N–H and O–H groups in total. The molecule has 0 aliphatic rings. The number of benzene rings is 2. The fourth-order valence-corrected chi connectivity index (χ4v) is 3.07. The molecule has 0 amide bonds. The fourth-order valence-electron chi connectivity index (χ4n) is 2.46. The number of nitrogens with zero attached hydrogens (tertiary/aromatic N) is 1. The number of hydrogen-bond donors (Lipinski definition) is 1. The van der Waals surface area contributed by atoms with E-state index in [0.717, 1.165) is 16.7 Å². The van der Waals surface area contributed by atoms with Gasteiger partial charge >= 0.3 is 5.97 Å². The Morgan fingerprint density at radius 1 is 1.14 bits per heavy atom. The molecule has 28 heavy (non-hydrogen) atoms. The Bertz CT molecular complexity index is 996. The van der Waals surface area contributed by atoms with Gasteiger partial charge < -0.3 is 18.6 Å². The smallest absolute Gasteiger partial charge is 0.337 e. The van der Waals surface area contributed by atoms with Gasteiger partial charge in [0.1, 0.15) is 12.0 Å². The van der Waals surface area contributed by atoms with E-state index in [-0.39, 0.29) is 0 Å². The Labute approximate surface area is 167 Å². The van der Waals surface area contributed by atoms with E-state index < -0.39 is 5.97 Å². The summed E-state index contributed by atoms with van der Waals surface area (Å²) >= 11 is 1.28. The highest BCUT2D eigenvalue weighted by molar-refractivity contribution is 8.00. The van der Waals surface area contributed by atoms with Crippen molar-refractivity contribution in [3.05, 3.63) is 66.4 Å². The van der Waals surface area contributed by atoms with Gasteiger partial charge in [-0.25, -0.2) is 9.78 Å². The summed E-state index contributed by atoms with van der Waals surface area (Å²) in [6.07, 6.45) is 1.58. The van der Waals surface area contributed by atoms with Gasteiger partial charge in [0, 0.05) is 17.5 Å². The van der Waals surface area contributed by atoms with Crippen LogP contribution >= 0.6 is 11.9 Å². The summed E-state index contributed by atoms with van der Waals surface area (Å²) in [4.78, 5) is 16.1. The third kappa shape index (κ3) is 4.37. The fraction of sp³-hybridized carbons (Fsp3) is 0.143. The van der Waals surface area contributed by atoms with Gasteiger partial charge in [-0.2, -0.15) is 0 Å². The summed E-state index contributed by atoms with van der Waals surface area (Å²) in [5.74, 6) is 0.636. The Morgan fingerprint density at radius 2 is 1.86 bits per heavy atom. The zero-order chi connectivity index (χ0) is 20.1. The van der Waals surface area contributed by atoms with Gasteiger partial charge in [-0.1, -0.05) is 24.3 Å². The van der Waals surface area contributed by atoms with Crippen molar-refractivity contribution < 1.29 is 18.7 Å². The first-order valence-corrected chi connectivity index (χ1v) is 9.24. The number of ether oxygens (including phenoxy) is 2. The molecule has 0 radical (unpaired) electrons. The van der Waals surface area contributed by atoms with Crippen molar-refractivity contribution in [2.75, 3.05) is 18.9 Å². The number of methoxy groups -OCH3 is 2. The van der Waals surface area contributed by atoms with E-state index >= 15 is 0 Å². The number of hydrogen-bond acceptors (Lipinski definition) is 7. The van der Waals surface area contributed by atoms with Crippen LogP contribution in [0.4, 0.5) is 5.69 Å². The van der Waals surface area contributed by atoms with Gasteiger partial charge in [0.2, 0.25) is 5.89 Å². The van der Waals surface area contributed by atoms with Gasteiger partial charge in [-0.3, -0.25) is 0 Å². The van der Waals surface area contributed by atoms with Crippen LogP contribution in [0.2, 0.25) is 0 Å². The highest BCUT2D eigenvalue weighted by Gasteiger charge is 2.12. The topological polar surface area (TPSA) is 73.6 Å². The molecule has 144 valence electrons. The van der Waals surface area contributed by atoms with Gasteiger partial charge in [0.05, 0.1) is 25.5 Å². The minimum absolute atomic E-state index is 0.414. The van der Waals surface area contributed by atoms with Gasteiger partial charge in [-0.15, -0.1) is 0 Å².